The number of carbonyl (C=O) groups excluding carboxylic acids is 2. The van der Waals surface area contributed by atoms with Crippen molar-refractivity contribution in [2.45, 2.75) is 26.2 Å². The zero-order valence-electron chi connectivity index (χ0n) is 18.0. The first-order valence-electron chi connectivity index (χ1n) is 10.2. The quantitative estimate of drug-likeness (QED) is 0.332. The molecule has 33 heavy (non-hydrogen) atoms. The second kappa shape index (κ2) is 9.29. The summed E-state index contributed by atoms with van der Waals surface area (Å²) in [5.74, 6) is -0.491. The van der Waals surface area contributed by atoms with Crippen LogP contribution in [0.2, 0.25) is 0 Å². The summed E-state index contributed by atoms with van der Waals surface area (Å²) in [6.07, 6.45) is 3.10. The molecule has 0 radical (unpaired) electrons. The molecule has 168 valence electrons. The van der Waals surface area contributed by atoms with Crippen LogP contribution in [0, 0.1) is 24.0 Å². The van der Waals surface area contributed by atoms with E-state index in [2.05, 4.69) is 15.5 Å². The zero-order chi connectivity index (χ0) is 23.5. The lowest BCUT2D eigenvalue weighted by Gasteiger charge is -2.17. The molecule has 1 aliphatic rings. The monoisotopic (exact) mass is 463 g/mol. The van der Waals surface area contributed by atoms with Gasteiger partial charge in [-0.25, -0.2) is 0 Å². The standard InChI is InChI=1S/C23H21N5O4S/c1-14-6-8-18(10-15(14)2)27-13-17(12-21(27)30)22-25-26-23(33-22)24-20(29)9-7-16-4-3-5-19(11-16)28(31)32/h3-11,17H,12-13H2,1-2H3,(H,24,26,29)/b9-7+. The first-order valence-corrected chi connectivity index (χ1v) is 11.1. The van der Waals surface area contributed by atoms with Crippen molar-refractivity contribution < 1.29 is 14.5 Å². The molecule has 9 nitrogen and oxygen atoms in total. The van der Waals surface area contributed by atoms with E-state index in [4.69, 9.17) is 0 Å². The van der Waals surface area contributed by atoms with Crippen molar-refractivity contribution in [3.05, 3.63) is 80.4 Å². The van der Waals surface area contributed by atoms with Gasteiger partial charge in [-0.1, -0.05) is 29.5 Å². The SMILES string of the molecule is Cc1ccc(N2CC(c3nnc(NC(=O)/C=C/c4cccc([N+](=O)[O-])c4)s3)CC2=O)cc1C. The van der Waals surface area contributed by atoms with Gasteiger partial charge in [0, 0.05) is 42.8 Å². The fraction of sp³-hybridized carbons (Fsp3) is 0.217. The van der Waals surface area contributed by atoms with Gasteiger partial charge in [-0.2, -0.15) is 0 Å². The molecule has 1 saturated heterocycles. The molecule has 1 aliphatic heterocycles. The highest BCUT2D eigenvalue weighted by Crippen LogP contribution is 2.34. The Balaban J connectivity index is 1.39. The van der Waals surface area contributed by atoms with E-state index in [0.717, 1.165) is 11.3 Å². The molecule has 0 saturated carbocycles. The summed E-state index contributed by atoms with van der Waals surface area (Å²) < 4.78 is 0. The van der Waals surface area contributed by atoms with E-state index in [9.17, 15) is 19.7 Å². The third kappa shape index (κ3) is 5.12. The van der Waals surface area contributed by atoms with Crippen LogP contribution in [0.3, 0.4) is 0 Å². The summed E-state index contributed by atoms with van der Waals surface area (Å²) in [6.45, 7) is 4.56. The molecule has 2 aromatic carbocycles. The fourth-order valence-corrected chi connectivity index (χ4v) is 4.36. The van der Waals surface area contributed by atoms with Crippen molar-refractivity contribution in [2.75, 3.05) is 16.8 Å². The van der Waals surface area contributed by atoms with Gasteiger partial charge in [-0.05, 0) is 48.7 Å². The topological polar surface area (TPSA) is 118 Å². The van der Waals surface area contributed by atoms with Crippen LogP contribution >= 0.6 is 11.3 Å². The molecular weight excluding hydrogens is 442 g/mol. The molecule has 2 amide bonds. The van der Waals surface area contributed by atoms with E-state index in [1.807, 2.05) is 32.0 Å². The number of aromatic nitrogens is 2. The van der Waals surface area contributed by atoms with Crippen molar-refractivity contribution in [1.82, 2.24) is 10.2 Å². The van der Waals surface area contributed by atoms with Gasteiger partial charge in [0.2, 0.25) is 16.9 Å². The summed E-state index contributed by atoms with van der Waals surface area (Å²) in [5.41, 5.74) is 3.66. The second-order valence-corrected chi connectivity index (χ2v) is 8.80. The maximum absolute atomic E-state index is 12.6. The summed E-state index contributed by atoms with van der Waals surface area (Å²) in [6, 6.07) is 11.9. The number of nitrogens with zero attached hydrogens (tertiary/aromatic N) is 4. The molecule has 0 aliphatic carbocycles. The average molecular weight is 464 g/mol. The molecular formula is C23H21N5O4S. The van der Waals surface area contributed by atoms with Crippen LogP contribution in [-0.2, 0) is 9.59 Å². The van der Waals surface area contributed by atoms with Crippen LogP contribution in [0.1, 0.15) is 34.0 Å². The van der Waals surface area contributed by atoms with E-state index in [-0.39, 0.29) is 17.5 Å². The van der Waals surface area contributed by atoms with Gasteiger partial charge in [-0.15, -0.1) is 10.2 Å². The first-order chi connectivity index (χ1) is 15.8. The number of aryl methyl sites for hydroxylation is 2. The second-order valence-electron chi connectivity index (χ2n) is 7.79. The molecule has 3 aromatic rings. The molecule has 0 bridgehead atoms. The van der Waals surface area contributed by atoms with Crippen LogP contribution in [-0.4, -0.2) is 33.5 Å². The Morgan fingerprint density at radius 3 is 2.79 bits per heavy atom. The smallest absolute Gasteiger partial charge is 0.270 e. The maximum atomic E-state index is 12.6. The molecule has 1 aromatic heterocycles. The Kier molecular flexibility index (Phi) is 6.27. The third-order valence-electron chi connectivity index (χ3n) is 5.46. The number of amides is 2. The lowest BCUT2D eigenvalue weighted by molar-refractivity contribution is -0.384. The Bertz CT molecular complexity index is 1270. The van der Waals surface area contributed by atoms with E-state index in [1.165, 1.54) is 41.2 Å². The third-order valence-corrected chi connectivity index (χ3v) is 6.46. The van der Waals surface area contributed by atoms with Crippen LogP contribution in [0.15, 0.2) is 48.5 Å². The van der Waals surface area contributed by atoms with Crippen molar-refractivity contribution in [3.63, 3.8) is 0 Å². The van der Waals surface area contributed by atoms with Crippen LogP contribution in [0.4, 0.5) is 16.5 Å². The largest absolute Gasteiger partial charge is 0.312 e. The zero-order valence-corrected chi connectivity index (χ0v) is 18.8. The molecule has 0 spiro atoms. The molecule has 10 heteroatoms. The molecule has 1 N–H and O–H groups in total. The molecule has 1 atom stereocenters. The minimum Gasteiger partial charge on any atom is -0.312 e. The Morgan fingerprint density at radius 1 is 1.21 bits per heavy atom. The predicted octanol–water partition coefficient (Wildman–Crippen LogP) is 4.24. The number of non-ortho nitro benzene ring substituents is 1. The van der Waals surface area contributed by atoms with Gasteiger partial charge in [0.25, 0.3) is 5.69 Å². The van der Waals surface area contributed by atoms with E-state index >= 15 is 0 Å². The van der Waals surface area contributed by atoms with E-state index in [0.29, 0.717) is 28.7 Å². The molecule has 1 fully saturated rings. The number of hydrogen-bond donors (Lipinski definition) is 1. The van der Waals surface area contributed by atoms with Crippen molar-refractivity contribution in [3.8, 4) is 0 Å². The Labute approximate surface area is 193 Å². The van der Waals surface area contributed by atoms with Gasteiger partial charge in [0.1, 0.15) is 5.01 Å². The van der Waals surface area contributed by atoms with Crippen LogP contribution in [0.25, 0.3) is 6.08 Å². The van der Waals surface area contributed by atoms with Crippen LogP contribution in [0.5, 0.6) is 0 Å². The van der Waals surface area contributed by atoms with E-state index < -0.39 is 10.8 Å². The molecule has 4 rings (SSSR count). The van der Waals surface area contributed by atoms with Gasteiger partial charge in [-0.3, -0.25) is 25.0 Å². The van der Waals surface area contributed by atoms with Gasteiger partial charge < -0.3 is 4.90 Å². The lowest BCUT2D eigenvalue weighted by Crippen LogP contribution is -2.24. The van der Waals surface area contributed by atoms with Crippen molar-refractivity contribution in [1.29, 1.82) is 0 Å². The summed E-state index contributed by atoms with van der Waals surface area (Å²) >= 11 is 1.24. The summed E-state index contributed by atoms with van der Waals surface area (Å²) in [5, 5.41) is 22.7. The lowest BCUT2D eigenvalue weighted by atomic mass is 10.1. The van der Waals surface area contributed by atoms with Gasteiger partial charge in [0.15, 0.2) is 0 Å². The highest BCUT2D eigenvalue weighted by atomic mass is 32.1. The highest BCUT2D eigenvalue weighted by molar-refractivity contribution is 7.15. The number of nitro groups is 1. The number of hydrogen-bond acceptors (Lipinski definition) is 7. The Hall–Kier alpha value is -3.92. The average Bonchev–Trinajstić information content (AvgIpc) is 3.41. The normalized spacial score (nSPS) is 15.9. The van der Waals surface area contributed by atoms with Crippen LogP contribution < -0.4 is 10.2 Å². The number of anilines is 2. The maximum Gasteiger partial charge on any atom is 0.270 e. The highest BCUT2D eigenvalue weighted by Gasteiger charge is 2.34. The number of rotatable bonds is 6. The van der Waals surface area contributed by atoms with E-state index in [1.54, 1.807) is 17.0 Å². The first kappa shape index (κ1) is 22.3. The number of nitro benzene ring substituents is 1. The number of nitrogens with one attached hydrogen (secondary N) is 1. The van der Waals surface area contributed by atoms with Crippen molar-refractivity contribution >= 4 is 45.7 Å². The van der Waals surface area contributed by atoms with Gasteiger partial charge in [0.05, 0.1) is 4.92 Å². The number of benzene rings is 2. The predicted molar refractivity (Wildman–Crippen MR) is 126 cm³/mol. The summed E-state index contributed by atoms with van der Waals surface area (Å²) in [7, 11) is 0. The molecule has 2 heterocycles. The summed E-state index contributed by atoms with van der Waals surface area (Å²) in [4.78, 5) is 36.9. The Morgan fingerprint density at radius 2 is 2.03 bits per heavy atom. The molecule has 1 unspecified atom stereocenters. The number of carbonyl (C=O) groups is 2. The fourth-order valence-electron chi connectivity index (χ4n) is 3.53. The van der Waals surface area contributed by atoms with Crippen molar-refractivity contribution in [2.24, 2.45) is 0 Å². The van der Waals surface area contributed by atoms with Gasteiger partial charge >= 0.3 is 0 Å². The minimum atomic E-state index is -0.491. The minimum absolute atomic E-state index is 0.0314.